The van der Waals surface area contributed by atoms with Crippen molar-refractivity contribution in [1.29, 1.82) is 0 Å². The Kier molecular flexibility index (Phi) is 5.38. The molecule has 2 heterocycles. The first-order valence-electron chi connectivity index (χ1n) is 9.78. The summed E-state index contributed by atoms with van der Waals surface area (Å²) >= 11 is 0. The maximum Gasteiger partial charge on any atom is 0.318 e. The Hall–Kier alpha value is -3.81. The maximum absolute atomic E-state index is 12.5. The number of para-hydroxylation sites is 1. The SMILES string of the molecule is CC(=O)Nc1cccc(NC(=O)CNC(=O)N2CCc3c([nH]c4ccccc34)C2)c1. The standard InChI is InChI=1S/C22H23N5O3/c1-14(28)24-15-5-4-6-16(11-15)25-21(29)12-23-22(30)27-10-9-18-17-7-2-3-8-19(17)26-20(18)13-27/h2-8,11,26H,9-10,12-13H2,1H3,(H,23,30)(H,24,28)(H,25,29). The maximum atomic E-state index is 12.5. The average molecular weight is 405 g/mol. The fourth-order valence-electron chi connectivity index (χ4n) is 3.72. The molecule has 0 saturated heterocycles. The van der Waals surface area contributed by atoms with Crippen LogP contribution in [-0.2, 0) is 22.6 Å². The number of urea groups is 1. The summed E-state index contributed by atoms with van der Waals surface area (Å²) in [7, 11) is 0. The van der Waals surface area contributed by atoms with E-state index in [9.17, 15) is 14.4 Å². The van der Waals surface area contributed by atoms with Crippen LogP contribution in [-0.4, -0.2) is 40.8 Å². The van der Waals surface area contributed by atoms with Gasteiger partial charge in [-0.25, -0.2) is 4.79 Å². The Morgan fingerprint density at radius 3 is 2.60 bits per heavy atom. The van der Waals surface area contributed by atoms with Gasteiger partial charge in [0.1, 0.15) is 0 Å². The summed E-state index contributed by atoms with van der Waals surface area (Å²) in [6, 6.07) is 14.7. The zero-order valence-corrected chi connectivity index (χ0v) is 16.6. The Morgan fingerprint density at radius 1 is 1.03 bits per heavy atom. The molecule has 1 aromatic heterocycles. The Bertz CT molecular complexity index is 1120. The monoisotopic (exact) mass is 405 g/mol. The van der Waals surface area contributed by atoms with Crippen LogP contribution in [0.15, 0.2) is 48.5 Å². The zero-order chi connectivity index (χ0) is 21.1. The molecule has 8 nitrogen and oxygen atoms in total. The fourth-order valence-corrected chi connectivity index (χ4v) is 3.72. The lowest BCUT2D eigenvalue weighted by Crippen LogP contribution is -2.45. The molecule has 3 aromatic rings. The molecule has 4 amide bonds. The molecule has 1 aliphatic rings. The van der Waals surface area contributed by atoms with E-state index in [1.807, 2.05) is 18.2 Å². The predicted octanol–water partition coefficient (Wildman–Crippen LogP) is 2.83. The van der Waals surface area contributed by atoms with Gasteiger partial charge in [-0.15, -0.1) is 0 Å². The van der Waals surface area contributed by atoms with E-state index in [0.717, 1.165) is 17.6 Å². The van der Waals surface area contributed by atoms with Crippen LogP contribution in [0, 0.1) is 0 Å². The van der Waals surface area contributed by atoms with Gasteiger partial charge in [-0.2, -0.15) is 0 Å². The van der Waals surface area contributed by atoms with Crippen LogP contribution in [0.25, 0.3) is 10.9 Å². The van der Waals surface area contributed by atoms with Crippen molar-refractivity contribution in [3.05, 3.63) is 59.8 Å². The first-order chi connectivity index (χ1) is 14.5. The number of carbonyl (C=O) groups is 3. The number of nitrogens with zero attached hydrogens (tertiary/aromatic N) is 1. The smallest absolute Gasteiger partial charge is 0.318 e. The summed E-state index contributed by atoms with van der Waals surface area (Å²) in [5.74, 6) is -0.531. The quantitative estimate of drug-likeness (QED) is 0.536. The highest BCUT2D eigenvalue weighted by Crippen LogP contribution is 2.27. The minimum Gasteiger partial charge on any atom is -0.357 e. The third-order valence-electron chi connectivity index (χ3n) is 5.04. The second-order valence-electron chi connectivity index (χ2n) is 7.27. The van der Waals surface area contributed by atoms with Gasteiger partial charge in [-0.3, -0.25) is 9.59 Å². The second-order valence-corrected chi connectivity index (χ2v) is 7.27. The van der Waals surface area contributed by atoms with Crippen LogP contribution < -0.4 is 16.0 Å². The first kappa shape index (κ1) is 19.5. The van der Waals surface area contributed by atoms with E-state index >= 15 is 0 Å². The molecule has 0 fully saturated rings. The normalized spacial score (nSPS) is 12.9. The summed E-state index contributed by atoms with van der Waals surface area (Å²) < 4.78 is 0. The van der Waals surface area contributed by atoms with E-state index in [4.69, 9.17) is 0 Å². The number of nitrogens with one attached hydrogen (secondary N) is 4. The van der Waals surface area contributed by atoms with Gasteiger partial charge in [-0.1, -0.05) is 24.3 Å². The zero-order valence-electron chi connectivity index (χ0n) is 16.6. The molecule has 0 radical (unpaired) electrons. The van der Waals surface area contributed by atoms with Gasteiger partial charge in [-0.05, 0) is 36.2 Å². The summed E-state index contributed by atoms with van der Waals surface area (Å²) in [4.78, 5) is 41.0. The molecule has 4 rings (SSSR count). The first-order valence-corrected chi connectivity index (χ1v) is 9.78. The number of aromatic amines is 1. The van der Waals surface area contributed by atoms with Crippen molar-refractivity contribution in [3.8, 4) is 0 Å². The van der Waals surface area contributed by atoms with Gasteiger partial charge in [0.2, 0.25) is 11.8 Å². The van der Waals surface area contributed by atoms with Gasteiger partial charge in [0.05, 0.1) is 13.1 Å². The van der Waals surface area contributed by atoms with Gasteiger partial charge in [0.15, 0.2) is 0 Å². The van der Waals surface area contributed by atoms with Crippen LogP contribution in [0.4, 0.5) is 16.2 Å². The number of fused-ring (bicyclic) bond motifs is 3. The van der Waals surface area contributed by atoms with Crippen LogP contribution >= 0.6 is 0 Å². The van der Waals surface area contributed by atoms with E-state index < -0.39 is 0 Å². The Morgan fingerprint density at radius 2 is 1.80 bits per heavy atom. The molecular formula is C22H23N5O3. The van der Waals surface area contributed by atoms with Gasteiger partial charge in [0, 0.05) is 41.4 Å². The van der Waals surface area contributed by atoms with Crippen LogP contribution in [0.3, 0.4) is 0 Å². The van der Waals surface area contributed by atoms with Crippen molar-refractivity contribution in [2.75, 3.05) is 23.7 Å². The van der Waals surface area contributed by atoms with Crippen molar-refractivity contribution in [1.82, 2.24) is 15.2 Å². The number of amides is 4. The molecule has 0 aliphatic carbocycles. The van der Waals surface area contributed by atoms with Crippen molar-refractivity contribution < 1.29 is 14.4 Å². The Balaban J connectivity index is 1.31. The lowest BCUT2D eigenvalue weighted by Gasteiger charge is -2.27. The number of rotatable bonds is 4. The van der Waals surface area contributed by atoms with E-state index in [-0.39, 0.29) is 24.4 Å². The van der Waals surface area contributed by atoms with Gasteiger partial charge in [0.25, 0.3) is 0 Å². The number of hydrogen-bond donors (Lipinski definition) is 4. The van der Waals surface area contributed by atoms with E-state index in [0.29, 0.717) is 24.5 Å². The molecule has 8 heteroatoms. The number of carbonyl (C=O) groups excluding carboxylic acids is 3. The number of hydrogen-bond acceptors (Lipinski definition) is 3. The summed E-state index contributed by atoms with van der Waals surface area (Å²) in [5.41, 5.74) is 4.50. The van der Waals surface area contributed by atoms with Crippen LogP contribution in [0.5, 0.6) is 0 Å². The molecule has 0 saturated carbocycles. The summed E-state index contributed by atoms with van der Waals surface area (Å²) in [6.07, 6.45) is 0.773. The van der Waals surface area contributed by atoms with E-state index in [2.05, 4.69) is 27.0 Å². The van der Waals surface area contributed by atoms with E-state index in [1.165, 1.54) is 17.9 Å². The molecular weight excluding hydrogens is 382 g/mol. The minimum absolute atomic E-state index is 0.140. The van der Waals surface area contributed by atoms with Crippen molar-refractivity contribution in [3.63, 3.8) is 0 Å². The average Bonchev–Trinajstić information content (AvgIpc) is 3.09. The summed E-state index contributed by atoms with van der Waals surface area (Å²) in [6.45, 7) is 2.36. The number of H-pyrrole nitrogens is 1. The molecule has 4 N–H and O–H groups in total. The number of anilines is 2. The molecule has 0 spiro atoms. The second kappa shape index (κ2) is 8.28. The highest BCUT2D eigenvalue weighted by Gasteiger charge is 2.24. The Labute approximate surface area is 173 Å². The molecule has 0 unspecified atom stereocenters. The molecule has 0 bridgehead atoms. The minimum atomic E-state index is -0.341. The largest absolute Gasteiger partial charge is 0.357 e. The molecule has 30 heavy (non-hydrogen) atoms. The number of benzene rings is 2. The third kappa shape index (κ3) is 4.27. The van der Waals surface area contributed by atoms with E-state index in [1.54, 1.807) is 29.2 Å². The van der Waals surface area contributed by atoms with Gasteiger partial charge >= 0.3 is 6.03 Å². The topological polar surface area (TPSA) is 106 Å². The lowest BCUT2D eigenvalue weighted by molar-refractivity contribution is -0.115. The highest BCUT2D eigenvalue weighted by atomic mass is 16.2. The van der Waals surface area contributed by atoms with Crippen molar-refractivity contribution in [2.24, 2.45) is 0 Å². The molecule has 2 aromatic carbocycles. The van der Waals surface area contributed by atoms with Crippen molar-refractivity contribution in [2.45, 2.75) is 19.9 Å². The highest BCUT2D eigenvalue weighted by molar-refractivity contribution is 5.95. The number of aromatic nitrogens is 1. The van der Waals surface area contributed by atoms with Crippen molar-refractivity contribution >= 4 is 40.1 Å². The molecule has 0 atom stereocenters. The molecule has 1 aliphatic heterocycles. The third-order valence-corrected chi connectivity index (χ3v) is 5.04. The van der Waals surface area contributed by atoms with Crippen LogP contribution in [0.2, 0.25) is 0 Å². The summed E-state index contributed by atoms with van der Waals surface area (Å²) in [5, 5.41) is 9.25. The van der Waals surface area contributed by atoms with Gasteiger partial charge < -0.3 is 25.8 Å². The fraction of sp³-hybridized carbons (Fsp3) is 0.227. The predicted molar refractivity (Wildman–Crippen MR) is 115 cm³/mol. The lowest BCUT2D eigenvalue weighted by atomic mass is 10.0. The molecule has 154 valence electrons. The van der Waals surface area contributed by atoms with Crippen LogP contribution in [0.1, 0.15) is 18.2 Å².